The highest BCUT2D eigenvalue weighted by molar-refractivity contribution is 5.82. The molecular formula is C13H26N2O2. The minimum absolute atomic E-state index is 0.0440. The molecule has 0 aliphatic heterocycles. The molecule has 1 amide bonds. The molecule has 1 aliphatic rings. The third kappa shape index (κ3) is 3.96. The average molecular weight is 242 g/mol. The number of aliphatic hydroxyl groups excluding tert-OH is 1. The van der Waals surface area contributed by atoms with Crippen LogP contribution in [0.25, 0.3) is 0 Å². The van der Waals surface area contributed by atoms with Gasteiger partial charge in [-0.2, -0.15) is 0 Å². The van der Waals surface area contributed by atoms with Gasteiger partial charge >= 0.3 is 0 Å². The van der Waals surface area contributed by atoms with E-state index >= 15 is 0 Å². The maximum atomic E-state index is 12.0. The molecule has 0 aromatic carbocycles. The Balaban J connectivity index is 2.37. The van der Waals surface area contributed by atoms with Gasteiger partial charge in [-0.15, -0.1) is 0 Å². The zero-order valence-corrected chi connectivity index (χ0v) is 11.0. The highest BCUT2D eigenvalue weighted by atomic mass is 16.3. The van der Waals surface area contributed by atoms with E-state index in [1.54, 1.807) is 0 Å². The summed E-state index contributed by atoms with van der Waals surface area (Å²) in [4.78, 5) is 12.0. The second-order valence-electron chi connectivity index (χ2n) is 5.51. The number of hydrogen-bond donors (Lipinski definition) is 3. The van der Waals surface area contributed by atoms with E-state index in [9.17, 15) is 9.90 Å². The predicted molar refractivity (Wildman–Crippen MR) is 68.4 cm³/mol. The van der Waals surface area contributed by atoms with Crippen LogP contribution in [0.3, 0.4) is 0 Å². The topological polar surface area (TPSA) is 75.4 Å². The van der Waals surface area contributed by atoms with Gasteiger partial charge in [-0.1, -0.05) is 13.3 Å². The van der Waals surface area contributed by atoms with E-state index < -0.39 is 5.41 Å². The first-order chi connectivity index (χ1) is 8.01. The molecule has 0 saturated heterocycles. The summed E-state index contributed by atoms with van der Waals surface area (Å²) in [6.07, 6.45) is 4.44. The summed E-state index contributed by atoms with van der Waals surface area (Å²) in [6, 6.07) is 0. The lowest BCUT2D eigenvalue weighted by atomic mass is 9.85. The monoisotopic (exact) mass is 242 g/mol. The van der Waals surface area contributed by atoms with E-state index in [2.05, 4.69) is 5.32 Å². The van der Waals surface area contributed by atoms with E-state index in [1.165, 1.54) is 0 Å². The van der Waals surface area contributed by atoms with Gasteiger partial charge in [0, 0.05) is 13.1 Å². The van der Waals surface area contributed by atoms with E-state index in [4.69, 9.17) is 5.73 Å². The Bertz CT molecular complexity index is 252. The second kappa shape index (κ2) is 6.36. The first-order valence-electron chi connectivity index (χ1n) is 6.68. The Hall–Kier alpha value is -0.610. The molecule has 4 heteroatoms. The summed E-state index contributed by atoms with van der Waals surface area (Å²) in [5, 5.41) is 12.5. The molecule has 0 bridgehead atoms. The number of carbonyl (C=O) groups excluding carboxylic acids is 1. The number of rotatable bonds is 5. The van der Waals surface area contributed by atoms with Crippen molar-refractivity contribution in [3.05, 3.63) is 0 Å². The number of hydrogen-bond acceptors (Lipinski definition) is 3. The van der Waals surface area contributed by atoms with Gasteiger partial charge < -0.3 is 16.2 Å². The van der Waals surface area contributed by atoms with Crippen molar-refractivity contribution in [3.8, 4) is 0 Å². The van der Waals surface area contributed by atoms with Crippen LogP contribution >= 0.6 is 0 Å². The summed E-state index contributed by atoms with van der Waals surface area (Å²) in [5.74, 6) is 0.462. The average Bonchev–Trinajstić information content (AvgIpc) is 2.35. The molecule has 1 saturated carbocycles. The van der Waals surface area contributed by atoms with Crippen LogP contribution in [0.1, 0.15) is 46.0 Å². The van der Waals surface area contributed by atoms with Crippen molar-refractivity contribution >= 4 is 5.91 Å². The number of nitrogens with two attached hydrogens (primary N) is 1. The SMILES string of the molecule is CCC(C)(CN)C(=O)NCC1CCCC(O)C1. The van der Waals surface area contributed by atoms with Crippen LogP contribution in [0, 0.1) is 11.3 Å². The maximum Gasteiger partial charge on any atom is 0.227 e. The minimum atomic E-state index is -0.451. The highest BCUT2D eigenvalue weighted by Crippen LogP contribution is 2.24. The Labute approximate surface area is 104 Å². The molecule has 1 fully saturated rings. The third-order valence-electron chi connectivity index (χ3n) is 4.09. The van der Waals surface area contributed by atoms with Gasteiger partial charge in [0.2, 0.25) is 5.91 Å². The van der Waals surface area contributed by atoms with Crippen LogP contribution < -0.4 is 11.1 Å². The molecule has 4 nitrogen and oxygen atoms in total. The number of aliphatic hydroxyl groups is 1. The molecule has 0 aromatic heterocycles. The van der Waals surface area contributed by atoms with Crippen molar-refractivity contribution in [3.63, 3.8) is 0 Å². The molecule has 17 heavy (non-hydrogen) atoms. The van der Waals surface area contributed by atoms with Crippen molar-refractivity contribution in [1.82, 2.24) is 5.32 Å². The van der Waals surface area contributed by atoms with Crippen molar-refractivity contribution in [2.45, 2.75) is 52.1 Å². The minimum Gasteiger partial charge on any atom is -0.393 e. The van der Waals surface area contributed by atoms with E-state index in [0.717, 1.165) is 32.1 Å². The standard InChI is InChI=1S/C13H26N2O2/c1-3-13(2,9-14)12(17)15-8-10-5-4-6-11(16)7-10/h10-11,16H,3-9,14H2,1-2H3,(H,15,17). The quantitative estimate of drug-likeness (QED) is 0.674. The fourth-order valence-electron chi connectivity index (χ4n) is 2.30. The molecular weight excluding hydrogens is 216 g/mol. The van der Waals surface area contributed by atoms with Crippen LogP contribution in [-0.2, 0) is 4.79 Å². The molecule has 0 aromatic rings. The van der Waals surface area contributed by atoms with Crippen molar-refractivity contribution < 1.29 is 9.90 Å². The number of nitrogens with one attached hydrogen (secondary N) is 1. The van der Waals surface area contributed by atoms with E-state index in [1.807, 2.05) is 13.8 Å². The van der Waals surface area contributed by atoms with Crippen LogP contribution in [0.4, 0.5) is 0 Å². The summed E-state index contributed by atoms with van der Waals surface area (Å²) in [7, 11) is 0. The predicted octanol–water partition coefficient (Wildman–Crippen LogP) is 1.03. The van der Waals surface area contributed by atoms with E-state index in [0.29, 0.717) is 19.0 Å². The first kappa shape index (κ1) is 14.5. The van der Waals surface area contributed by atoms with Gasteiger partial charge in [-0.05, 0) is 38.5 Å². The second-order valence-corrected chi connectivity index (χ2v) is 5.51. The Morgan fingerprint density at radius 1 is 1.53 bits per heavy atom. The lowest BCUT2D eigenvalue weighted by Crippen LogP contribution is -2.45. The lowest BCUT2D eigenvalue weighted by molar-refractivity contribution is -0.130. The molecule has 100 valence electrons. The van der Waals surface area contributed by atoms with Crippen LogP contribution in [0.5, 0.6) is 0 Å². The van der Waals surface area contributed by atoms with Gasteiger partial charge in [0.05, 0.1) is 11.5 Å². The van der Waals surface area contributed by atoms with Gasteiger partial charge in [0.25, 0.3) is 0 Å². The van der Waals surface area contributed by atoms with Crippen LogP contribution in [-0.4, -0.2) is 30.2 Å². The summed E-state index contributed by atoms with van der Waals surface area (Å²) >= 11 is 0. The smallest absolute Gasteiger partial charge is 0.227 e. The van der Waals surface area contributed by atoms with Gasteiger partial charge in [-0.25, -0.2) is 0 Å². The third-order valence-corrected chi connectivity index (χ3v) is 4.09. The van der Waals surface area contributed by atoms with E-state index in [-0.39, 0.29) is 12.0 Å². The molecule has 3 unspecified atom stereocenters. The van der Waals surface area contributed by atoms with Crippen molar-refractivity contribution in [2.24, 2.45) is 17.1 Å². The first-order valence-corrected chi connectivity index (χ1v) is 6.68. The van der Waals surface area contributed by atoms with Crippen LogP contribution in [0.2, 0.25) is 0 Å². The fourth-order valence-corrected chi connectivity index (χ4v) is 2.30. The largest absolute Gasteiger partial charge is 0.393 e. The lowest BCUT2D eigenvalue weighted by Gasteiger charge is -2.29. The zero-order valence-electron chi connectivity index (χ0n) is 11.0. The van der Waals surface area contributed by atoms with Crippen molar-refractivity contribution in [2.75, 3.05) is 13.1 Å². The molecule has 0 spiro atoms. The Morgan fingerprint density at radius 2 is 2.24 bits per heavy atom. The summed E-state index contributed by atoms with van der Waals surface area (Å²) in [6.45, 7) is 4.93. The maximum absolute atomic E-state index is 12.0. The van der Waals surface area contributed by atoms with Gasteiger partial charge in [-0.3, -0.25) is 4.79 Å². The summed E-state index contributed by atoms with van der Waals surface area (Å²) < 4.78 is 0. The Kier molecular flexibility index (Phi) is 5.40. The van der Waals surface area contributed by atoms with Gasteiger partial charge in [0.15, 0.2) is 0 Å². The Morgan fingerprint density at radius 3 is 2.76 bits per heavy atom. The molecule has 1 aliphatic carbocycles. The highest BCUT2D eigenvalue weighted by Gasteiger charge is 2.30. The molecule has 1 rings (SSSR count). The molecule has 3 atom stereocenters. The summed E-state index contributed by atoms with van der Waals surface area (Å²) in [5.41, 5.74) is 5.20. The fraction of sp³-hybridized carbons (Fsp3) is 0.923. The molecule has 0 heterocycles. The number of amides is 1. The number of carbonyl (C=O) groups is 1. The van der Waals surface area contributed by atoms with Gasteiger partial charge in [0.1, 0.15) is 0 Å². The molecule has 4 N–H and O–H groups in total. The normalized spacial score (nSPS) is 28.5. The zero-order chi connectivity index (χ0) is 12.9. The molecule has 0 radical (unpaired) electrons. The van der Waals surface area contributed by atoms with Crippen molar-refractivity contribution in [1.29, 1.82) is 0 Å². The van der Waals surface area contributed by atoms with Crippen LogP contribution in [0.15, 0.2) is 0 Å².